The molecule has 0 amide bonds. The molecule has 0 aliphatic rings. The quantitative estimate of drug-likeness (QED) is 0.181. The van der Waals surface area contributed by atoms with E-state index in [2.05, 4.69) is 91.0 Å². The minimum Gasteiger partial charge on any atom is -0.456 e. The highest BCUT2D eigenvalue weighted by Gasteiger charge is 2.22. The molecule has 12 rings (SSSR count). The van der Waals surface area contributed by atoms with Crippen LogP contribution < -0.4 is 0 Å². The Morgan fingerprint density at radius 1 is 0.309 bits per heavy atom. The Morgan fingerprint density at radius 2 is 0.782 bits per heavy atom. The molecule has 0 saturated heterocycles. The average molecular weight is 706 g/mol. The third kappa shape index (κ3) is 4.52. The Hall–Kier alpha value is -7.57. The molecular formula is C49H27N3O3. The Balaban J connectivity index is 1.10. The van der Waals surface area contributed by atoms with Gasteiger partial charge in [0.25, 0.3) is 0 Å². The van der Waals surface area contributed by atoms with Crippen molar-refractivity contribution in [3.8, 4) is 45.3 Å². The van der Waals surface area contributed by atoms with E-state index in [1.165, 1.54) is 0 Å². The van der Waals surface area contributed by atoms with E-state index < -0.39 is 0 Å². The minimum absolute atomic E-state index is 0.526. The molecule has 0 fully saturated rings. The topological polar surface area (TPSA) is 78.1 Å². The fourth-order valence-electron chi connectivity index (χ4n) is 8.26. The van der Waals surface area contributed by atoms with Gasteiger partial charge in [-0.1, -0.05) is 127 Å². The second-order valence-electron chi connectivity index (χ2n) is 13.9. The summed E-state index contributed by atoms with van der Waals surface area (Å²) in [5.41, 5.74) is 9.59. The highest BCUT2D eigenvalue weighted by molar-refractivity contribution is 6.22. The number of rotatable bonds is 4. The lowest BCUT2D eigenvalue weighted by Crippen LogP contribution is -2.01. The number of hydrogen-bond acceptors (Lipinski definition) is 6. The Bertz CT molecular complexity index is 3500. The smallest absolute Gasteiger partial charge is 0.167 e. The number of para-hydroxylation sites is 3. The van der Waals surface area contributed by atoms with Gasteiger partial charge in [-0.05, 0) is 58.3 Å². The van der Waals surface area contributed by atoms with E-state index in [1.807, 2.05) is 72.8 Å². The number of nitrogens with zero attached hydrogens (tertiary/aromatic N) is 3. The van der Waals surface area contributed by atoms with Gasteiger partial charge in [0.15, 0.2) is 17.5 Å². The van der Waals surface area contributed by atoms with Crippen LogP contribution in [0.25, 0.3) is 122 Å². The molecule has 6 heteroatoms. The van der Waals surface area contributed by atoms with E-state index in [-0.39, 0.29) is 0 Å². The summed E-state index contributed by atoms with van der Waals surface area (Å²) in [7, 11) is 0. The zero-order valence-electron chi connectivity index (χ0n) is 29.2. The summed E-state index contributed by atoms with van der Waals surface area (Å²) < 4.78 is 19.2. The molecule has 0 saturated carbocycles. The van der Waals surface area contributed by atoms with Gasteiger partial charge in [-0.25, -0.2) is 15.0 Å². The van der Waals surface area contributed by atoms with Crippen molar-refractivity contribution < 1.29 is 13.3 Å². The molecule has 8 aromatic carbocycles. The van der Waals surface area contributed by atoms with Crippen LogP contribution in [0, 0.1) is 0 Å². The lowest BCUT2D eigenvalue weighted by molar-refractivity contribution is 0.668. The van der Waals surface area contributed by atoms with Crippen molar-refractivity contribution in [2.75, 3.05) is 0 Å². The van der Waals surface area contributed by atoms with E-state index in [0.29, 0.717) is 17.5 Å². The molecule has 0 unspecified atom stereocenters. The third-order valence-corrected chi connectivity index (χ3v) is 10.7. The van der Waals surface area contributed by atoms with E-state index in [1.54, 1.807) is 0 Å². The molecule has 55 heavy (non-hydrogen) atoms. The Kier molecular flexibility index (Phi) is 6.24. The van der Waals surface area contributed by atoms with Crippen LogP contribution in [0.4, 0.5) is 0 Å². The summed E-state index contributed by atoms with van der Waals surface area (Å²) in [6, 6.07) is 55.7. The van der Waals surface area contributed by atoms with Crippen LogP contribution in [0.2, 0.25) is 0 Å². The average Bonchev–Trinajstić information content (AvgIpc) is 3.95. The van der Waals surface area contributed by atoms with Crippen LogP contribution in [-0.4, -0.2) is 15.0 Å². The predicted molar refractivity (Wildman–Crippen MR) is 221 cm³/mol. The van der Waals surface area contributed by atoms with Gasteiger partial charge in [-0.15, -0.1) is 0 Å². The second-order valence-corrected chi connectivity index (χ2v) is 13.9. The van der Waals surface area contributed by atoms with Crippen molar-refractivity contribution in [2.45, 2.75) is 0 Å². The SMILES string of the molecule is c1ccc2c(c1)cc(-c1nc(-c3ccc(-c4cccc5oc6ccccc6c45)cc3)nc(-c3cccc4oc5ccccc5c34)n1)c1oc3ccccc3c12. The number of hydrogen-bond donors (Lipinski definition) is 0. The summed E-state index contributed by atoms with van der Waals surface area (Å²) in [4.78, 5) is 15.7. The first-order valence-corrected chi connectivity index (χ1v) is 18.3. The maximum Gasteiger partial charge on any atom is 0.167 e. The molecule has 0 atom stereocenters. The fourth-order valence-corrected chi connectivity index (χ4v) is 8.26. The molecule has 0 aliphatic heterocycles. The maximum atomic E-state index is 6.65. The van der Waals surface area contributed by atoms with Gasteiger partial charge in [-0.2, -0.15) is 0 Å². The second kappa shape index (κ2) is 11.5. The van der Waals surface area contributed by atoms with Gasteiger partial charge < -0.3 is 13.3 Å². The van der Waals surface area contributed by atoms with E-state index in [9.17, 15) is 0 Å². The summed E-state index contributed by atoms with van der Waals surface area (Å²) in [6.45, 7) is 0. The van der Waals surface area contributed by atoms with Crippen molar-refractivity contribution in [2.24, 2.45) is 0 Å². The predicted octanol–water partition coefficient (Wildman–Crippen LogP) is 13.4. The largest absolute Gasteiger partial charge is 0.456 e. The molecule has 4 aromatic heterocycles. The van der Waals surface area contributed by atoms with Crippen LogP contribution in [-0.2, 0) is 0 Å². The van der Waals surface area contributed by atoms with Crippen molar-refractivity contribution in [3.05, 3.63) is 164 Å². The molecule has 12 aromatic rings. The molecule has 256 valence electrons. The van der Waals surface area contributed by atoms with Crippen molar-refractivity contribution in [3.63, 3.8) is 0 Å². The monoisotopic (exact) mass is 705 g/mol. The first-order chi connectivity index (χ1) is 27.2. The third-order valence-electron chi connectivity index (χ3n) is 10.7. The van der Waals surface area contributed by atoms with E-state index in [4.69, 9.17) is 28.2 Å². The number of aromatic nitrogens is 3. The van der Waals surface area contributed by atoms with Gasteiger partial charge in [0.1, 0.15) is 33.5 Å². The fraction of sp³-hybridized carbons (Fsp3) is 0. The standard InChI is InChI=1S/C49H27N3O3/c1-2-12-32-30(11-1)27-37(46-45(32)35-15-5-8-20-40(35)55-46)49-51-47(50-48(52-49)36-17-10-22-42-44(36)34-14-4-7-19-39(34)54-42)29-25-23-28(24-26-29)31-16-9-21-41-43(31)33-13-3-6-18-38(33)53-41/h1-27H. The van der Waals surface area contributed by atoms with Gasteiger partial charge >= 0.3 is 0 Å². The van der Waals surface area contributed by atoms with Gasteiger partial charge in [0.05, 0.1) is 5.56 Å². The summed E-state index contributed by atoms with van der Waals surface area (Å²) in [5, 5.41) is 8.45. The first kappa shape index (κ1) is 29.9. The molecule has 0 N–H and O–H groups in total. The van der Waals surface area contributed by atoms with E-state index >= 15 is 0 Å². The molecular weight excluding hydrogens is 679 g/mol. The number of furan rings is 3. The Labute approximate surface area is 312 Å². The summed E-state index contributed by atoms with van der Waals surface area (Å²) >= 11 is 0. The van der Waals surface area contributed by atoms with E-state index in [0.717, 1.165) is 104 Å². The molecule has 6 nitrogen and oxygen atoms in total. The Morgan fingerprint density at radius 3 is 1.45 bits per heavy atom. The minimum atomic E-state index is 0.526. The molecule has 0 bridgehead atoms. The van der Waals surface area contributed by atoms with Crippen molar-refractivity contribution in [1.29, 1.82) is 0 Å². The van der Waals surface area contributed by atoms with Crippen molar-refractivity contribution >= 4 is 76.6 Å². The van der Waals surface area contributed by atoms with Crippen LogP contribution in [0.15, 0.2) is 177 Å². The first-order valence-electron chi connectivity index (χ1n) is 18.3. The highest BCUT2D eigenvalue weighted by atomic mass is 16.3. The zero-order chi connectivity index (χ0) is 36.0. The van der Waals surface area contributed by atoms with Gasteiger partial charge in [0, 0.05) is 43.4 Å². The molecule has 0 radical (unpaired) electrons. The summed E-state index contributed by atoms with van der Waals surface area (Å²) in [5.74, 6) is 1.63. The van der Waals surface area contributed by atoms with Gasteiger partial charge in [0.2, 0.25) is 0 Å². The van der Waals surface area contributed by atoms with Crippen molar-refractivity contribution in [1.82, 2.24) is 15.0 Å². The lowest BCUT2D eigenvalue weighted by atomic mass is 9.98. The molecule has 0 spiro atoms. The number of fused-ring (bicyclic) bond motifs is 11. The van der Waals surface area contributed by atoms with Crippen LogP contribution in [0.3, 0.4) is 0 Å². The van der Waals surface area contributed by atoms with Gasteiger partial charge in [-0.3, -0.25) is 0 Å². The number of benzene rings is 8. The molecule has 0 aliphatic carbocycles. The van der Waals surface area contributed by atoms with Crippen LogP contribution in [0.1, 0.15) is 0 Å². The zero-order valence-corrected chi connectivity index (χ0v) is 29.2. The highest BCUT2D eigenvalue weighted by Crippen LogP contribution is 2.42. The maximum absolute atomic E-state index is 6.65. The lowest BCUT2D eigenvalue weighted by Gasteiger charge is -2.11. The van der Waals surface area contributed by atoms with Crippen LogP contribution >= 0.6 is 0 Å². The normalized spacial score (nSPS) is 12.0. The molecule has 4 heterocycles. The van der Waals surface area contributed by atoms with Crippen LogP contribution in [0.5, 0.6) is 0 Å². The summed E-state index contributed by atoms with van der Waals surface area (Å²) in [6.07, 6.45) is 0.